The minimum atomic E-state index is -0.498. The second-order valence-electron chi connectivity index (χ2n) is 7.37. The summed E-state index contributed by atoms with van der Waals surface area (Å²) < 4.78 is 1.31. The first-order chi connectivity index (χ1) is 15.9. The lowest BCUT2D eigenvalue weighted by Gasteiger charge is -2.10. The van der Waals surface area contributed by atoms with Gasteiger partial charge in [-0.15, -0.1) is 11.3 Å². The molecule has 0 unspecified atom stereocenters. The Bertz CT molecular complexity index is 1380. The van der Waals surface area contributed by atoms with E-state index >= 15 is 0 Å². The summed E-state index contributed by atoms with van der Waals surface area (Å²) in [4.78, 5) is 40.9. The number of aromatic nitrogens is 3. The number of fused-ring (bicyclic) bond motifs is 1. The number of thiazole rings is 1. The predicted octanol–water partition coefficient (Wildman–Crippen LogP) is 1.81. The number of benzene rings is 2. The van der Waals surface area contributed by atoms with Crippen LogP contribution in [-0.4, -0.2) is 38.2 Å². The number of aromatic hydroxyl groups is 1. The summed E-state index contributed by atoms with van der Waals surface area (Å²) in [5.74, 6) is -0.641. The van der Waals surface area contributed by atoms with Crippen LogP contribution in [0.1, 0.15) is 17.1 Å². The quantitative estimate of drug-likeness (QED) is 0.364. The third-order valence-electron chi connectivity index (χ3n) is 4.97. The summed E-state index contributed by atoms with van der Waals surface area (Å²) in [5, 5.41) is 20.2. The molecule has 0 bridgehead atoms. The van der Waals surface area contributed by atoms with Crippen molar-refractivity contribution in [3.8, 4) is 17.0 Å². The van der Waals surface area contributed by atoms with Crippen LogP contribution >= 0.6 is 11.3 Å². The SMILES string of the molecule is NC(=O)CCNC(=O)Cc1nn(Cc2nc(-c3ccc(O)cc3)cs2)c(=O)c2ccccc12. The van der Waals surface area contributed by atoms with Crippen molar-refractivity contribution in [1.82, 2.24) is 20.1 Å². The first-order valence-corrected chi connectivity index (χ1v) is 11.1. The highest BCUT2D eigenvalue weighted by Crippen LogP contribution is 2.24. The van der Waals surface area contributed by atoms with Gasteiger partial charge in [-0.05, 0) is 30.3 Å². The molecule has 0 radical (unpaired) electrons. The van der Waals surface area contributed by atoms with Gasteiger partial charge in [-0.25, -0.2) is 9.67 Å². The molecule has 0 fully saturated rings. The molecule has 0 aliphatic rings. The Kier molecular flexibility index (Phi) is 6.45. The molecular formula is C23H21N5O4S. The minimum Gasteiger partial charge on any atom is -0.508 e. The number of phenolic OH excluding ortho intramolecular Hbond substituents is 1. The van der Waals surface area contributed by atoms with Gasteiger partial charge in [-0.2, -0.15) is 5.10 Å². The Morgan fingerprint density at radius 2 is 1.82 bits per heavy atom. The largest absolute Gasteiger partial charge is 0.508 e. The van der Waals surface area contributed by atoms with Crippen molar-refractivity contribution in [1.29, 1.82) is 0 Å². The van der Waals surface area contributed by atoms with Crippen LogP contribution in [0.15, 0.2) is 58.7 Å². The molecule has 2 heterocycles. The summed E-state index contributed by atoms with van der Waals surface area (Å²) in [6.07, 6.45) is 0.00298. The Morgan fingerprint density at radius 3 is 2.55 bits per heavy atom. The normalized spacial score (nSPS) is 10.9. The fourth-order valence-electron chi connectivity index (χ4n) is 3.36. The second-order valence-corrected chi connectivity index (χ2v) is 8.31. The number of amides is 2. The van der Waals surface area contributed by atoms with Gasteiger partial charge in [0, 0.05) is 29.3 Å². The molecule has 9 nitrogen and oxygen atoms in total. The maximum atomic E-state index is 13.0. The highest BCUT2D eigenvalue weighted by Gasteiger charge is 2.15. The lowest BCUT2D eigenvalue weighted by molar-refractivity contribution is -0.120. The van der Waals surface area contributed by atoms with Crippen LogP contribution < -0.4 is 16.6 Å². The topological polar surface area (TPSA) is 140 Å². The van der Waals surface area contributed by atoms with Gasteiger partial charge in [0.05, 0.1) is 29.7 Å². The van der Waals surface area contributed by atoms with Crippen LogP contribution in [0.2, 0.25) is 0 Å². The van der Waals surface area contributed by atoms with Crippen molar-refractivity contribution >= 4 is 33.9 Å². The van der Waals surface area contributed by atoms with Crippen molar-refractivity contribution < 1.29 is 14.7 Å². The molecule has 168 valence electrons. The number of primary amides is 1. The second kappa shape index (κ2) is 9.61. The number of rotatable bonds is 8. The number of nitrogens with one attached hydrogen (secondary N) is 1. The highest BCUT2D eigenvalue weighted by atomic mass is 32.1. The van der Waals surface area contributed by atoms with E-state index in [4.69, 9.17) is 5.73 Å². The molecule has 0 aliphatic carbocycles. The Balaban J connectivity index is 1.61. The van der Waals surface area contributed by atoms with Crippen LogP contribution in [-0.2, 0) is 22.6 Å². The summed E-state index contributed by atoms with van der Waals surface area (Å²) in [6.45, 7) is 0.299. The molecule has 2 aromatic carbocycles. The van der Waals surface area contributed by atoms with Gasteiger partial charge in [0.2, 0.25) is 11.8 Å². The fourth-order valence-corrected chi connectivity index (χ4v) is 4.14. The standard InChI is InChI=1S/C23H21N5O4S/c24-20(30)9-10-25-21(31)11-18-16-3-1-2-4-17(16)23(32)28(27-18)12-22-26-19(13-33-22)14-5-7-15(29)8-6-14/h1-8,13,29H,9-12H2,(H2,24,30)(H,25,31). The molecule has 4 rings (SSSR count). The van der Waals surface area contributed by atoms with E-state index in [0.717, 1.165) is 11.3 Å². The molecule has 0 saturated heterocycles. The highest BCUT2D eigenvalue weighted by molar-refractivity contribution is 7.09. The van der Waals surface area contributed by atoms with Gasteiger partial charge >= 0.3 is 0 Å². The van der Waals surface area contributed by atoms with Gasteiger partial charge in [-0.1, -0.05) is 18.2 Å². The Hall–Kier alpha value is -4.05. The van der Waals surface area contributed by atoms with Gasteiger partial charge in [0.15, 0.2) is 0 Å². The van der Waals surface area contributed by atoms with Crippen LogP contribution in [0.3, 0.4) is 0 Å². The third-order valence-corrected chi connectivity index (χ3v) is 5.80. The molecule has 2 amide bonds. The minimum absolute atomic E-state index is 0.0455. The summed E-state index contributed by atoms with van der Waals surface area (Å²) >= 11 is 1.39. The van der Waals surface area contributed by atoms with Gasteiger partial charge in [0.25, 0.3) is 5.56 Å². The van der Waals surface area contributed by atoms with Crippen LogP contribution in [0.25, 0.3) is 22.0 Å². The van der Waals surface area contributed by atoms with Crippen molar-refractivity contribution in [2.24, 2.45) is 5.73 Å². The molecule has 0 atom stereocenters. The van der Waals surface area contributed by atoms with E-state index in [1.54, 1.807) is 48.5 Å². The van der Waals surface area contributed by atoms with E-state index in [9.17, 15) is 19.5 Å². The monoisotopic (exact) mass is 463 g/mol. The molecular weight excluding hydrogens is 442 g/mol. The number of nitrogens with zero attached hydrogens (tertiary/aromatic N) is 3. The van der Waals surface area contributed by atoms with E-state index < -0.39 is 5.91 Å². The van der Waals surface area contributed by atoms with E-state index in [1.807, 2.05) is 5.38 Å². The smallest absolute Gasteiger partial charge is 0.275 e. The number of hydrogen-bond donors (Lipinski definition) is 3. The Morgan fingerprint density at radius 1 is 1.09 bits per heavy atom. The van der Waals surface area contributed by atoms with Crippen molar-refractivity contribution in [3.05, 3.63) is 75.0 Å². The molecule has 0 spiro atoms. The number of nitrogens with two attached hydrogens (primary N) is 1. The predicted molar refractivity (Wildman–Crippen MR) is 125 cm³/mol. The van der Waals surface area contributed by atoms with Crippen LogP contribution in [0.5, 0.6) is 5.75 Å². The van der Waals surface area contributed by atoms with E-state index in [0.29, 0.717) is 21.5 Å². The maximum absolute atomic E-state index is 13.0. The van der Waals surface area contributed by atoms with E-state index in [2.05, 4.69) is 15.4 Å². The van der Waals surface area contributed by atoms with Crippen molar-refractivity contribution in [3.63, 3.8) is 0 Å². The zero-order valence-electron chi connectivity index (χ0n) is 17.5. The number of hydrogen-bond acceptors (Lipinski definition) is 7. The Labute approximate surface area is 192 Å². The maximum Gasteiger partial charge on any atom is 0.275 e. The first-order valence-electron chi connectivity index (χ1n) is 10.2. The average molecular weight is 464 g/mol. The molecule has 0 aliphatic heterocycles. The lowest BCUT2D eigenvalue weighted by atomic mass is 10.1. The number of carbonyl (C=O) groups is 2. The van der Waals surface area contributed by atoms with E-state index in [1.165, 1.54) is 16.0 Å². The van der Waals surface area contributed by atoms with Crippen molar-refractivity contribution in [2.75, 3.05) is 6.54 Å². The number of carbonyl (C=O) groups excluding carboxylic acids is 2. The molecule has 0 saturated carbocycles. The average Bonchev–Trinajstić information content (AvgIpc) is 3.26. The third kappa shape index (κ3) is 5.24. The summed E-state index contributed by atoms with van der Waals surface area (Å²) in [5.41, 5.74) is 6.87. The molecule has 2 aromatic heterocycles. The van der Waals surface area contributed by atoms with Gasteiger partial charge in [0.1, 0.15) is 10.8 Å². The van der Waals surface area contributed by atoms with E-state index in [-0.39, 0.29) is 43.1 Å². The zero-order valence-corrected chi connectivity index (χ0v) is 18.3. The first kappa shape index (κ1) is 22.2. The van der Waals surface area contributed by atoms with Gasteiger partial charge in [-0.3, -0.25) is 14.4 Å². The lowest BCUT2D eigenvalue weighted by Crippen LogP contribution is -2.31. The van der Waals surface area contributed by atoms with Crippen LogP contribution in [0.4, 0.5) is 0 Å². The molecule has 33 heavy (non-hydrogen) atoms. The molecule has 4 N–H and O–H groups in total. The molecule has 4 aromatic rings. The zero-order chi connectivity index (χ0) is 23.4. The fraction of sp³-hybridized carbons (Fsp3) is 0.174. The van der Waals surface area contributed by atoms with Crippen molar-refractivity contribution in [2.45, 2.75) is 19.4 Å². The summed E-state index contributed by atoms with van der Waals surface area (Å²) in [7, 11) is 0. The molecule has 10 heteroatoms. The number of phenols is 1. The van der Waals surface area contributed by atoms with Crippen LogP contribution in [0, 0.1) is 0 Å². The summed E-state index contributed by atoms with van der Waals surface area (Å²) in [6, 6.07) is 13.7. The van der Waals surface area contributed by atoms with Gasteiger partial charge < -0.3 is 16.2 Å².